The van der Waals surface area contributed by atoms with Crippen LogP contribution in [-0.4, -0.2) is 9.13 Å². The second-order valence-corrected chi connectivity index (χ2v) is 16.8. The lowest BCUT2D eigenvalue weighted by Crippen LogP contribution is -2.10. The number of aryl methyl sites for hydroxylation is 2. The van der Waals surface area contributed by atoms with Gasteiger partial charge in [-0.2, -0.15) is 0 Å². The van der Waals surface area contributed by atoms with Gasteiger partial charge in [-0.05, 0) is 151 Å². The Balaban J connectivity index is 1.01. The molecular weight excluding hydrogens is 777 g/mol. The Labute approximate surface area is 372 Å². The van der Waals surface area contributed by atoms with Gasteiger partial charge in [-0.15, -0.1) is 0 Å². The van der Waals surface area contributed by atoms with E-state index < -0.39 is 0 Å². The third kappa shape index (κ3) is 6.30. The maximum absolute atomic E-state index is 2.43. The predicted molar refractivity (Wildman–Crippen MR) is 271 cm³/mol. The molecule has 12 rings (SSSR count). The molecule has 0 saturated heterocycles. The van der Waals surface area contributed by atoms with E-state index in [9.17, 15) is 0 Å². The summed E-state index contributed by atoms with van der Waals surface area (Å²) >= 11 is 0. The maximum Gasteiger partial charge on any atom is 0.0542 e. The second-order valence-electron chi connectivity index (χ2n) is 16.8. The molecule has 0 unspecified atom stereocenters. The molecule has 0 amide bonds. The average Bonchev–Trinajstić information content (AvgIpc) is 3.84. The van der Waals surface area contributed by atoms with Crippen molar-refractivity contribution in [1.82, 2.24) is 9.13 Å². The molecule has 4 heteroatoms. The van der Waals surface area contributed by atoms with Gasteiger partial charge in [0.15, 0.2) is 0 Å². The molecule has 64 heavy (non-hydrogen) atoms. The minimum atomic E-state index is 1.11. The summed E-state index contributed by atoms with van der Waals surface area (Å²) in [6.07, 6.45) is 0. The highest BCUT2D eigenvalue weighted by molar-refractivity contribution is 6.12. The first-order chi connectivity index (χ1) is 31.6. The third-order valence-electron chi connectivity index (χ3n) is 12.7. The van der Waals surface area contributed by atoms with Crippen LogP contribution in [0.1, 0.15) is 11.1 Å². The lowest BCUT2D eigenvalue weighted by Gasteiger charge is -2.26. The van der Waals surface area contributed by atoms with Crippen molar-refractivity contribution in [2.24, 2.45) is 0 Å². The van der Waals surface area contributed by atoms with Crippen molar-refractivity contribution in [1.29, 1.82) is 0 Å². The van der Waals surface area contributed by atoms with E-state index in [0.29, 0.717) is 0 Å². The normalized spacial score (nSPS) is 11.6. The van der Waals surface area contributed by atoms with Crippen molar-refractivity contribution in [3.63, 3.8) is 0 Å². The molecule has 0 saturated carbocycles. The van der Waals surface area contributed by atoms with Crippen LogP contribution in [0, 0.1) is 13.8 Å². The fraction of sp³-hybridized carbons (Fsp3) is 0.0333. The Hall–Kier alpha value is -8.34. The lowest BCUT2D eigenvalue weighted by atomic mass is 10.1. The van der Waals surface area contributed by atoms with Gasteiger partial charge in [-0.1, -0.05) is 115 Å². The number of hydrogen-bond acceptors (Lipinski definition) is 2. The Bertz CT molecular complexity index is 3690. The molecule has 304 valence electrons. The quantitative estimate of drug-likeness (QED) is 0.152. The standard InChI is InChI=1S/C60H44N4/c1-41-34-42(2)36-52(35-41)62(46-20-7-4-8-21-46)51-31-33-60-56(40-51)54-25-12-14-27-58(54)64(60)48-23-15-22-47(38-48)63-57-26-13-11-24-53(57)55-39-50(30-32-59(55)63)61(45-18-5-3-6-19-45)49-29-28-43-16-9-10-17-44(43)37-49/h3-40H,1-2H3. The minimum absolute atomic E-state index is 1.11. The third-order valence-corrected chi connectivity index (χ3v) is 12.7. The topological polar surface area (TPSA) is 16.3 Å². The van der Waals surface area contributed by atoms with Crippen molar-refractivity contribution >= 4 is 88.5 Å². The van der Waals surface area contributed by atoms with Gasteiger partial charge in [0.25, 0.3) is 0 Å². The van der Waals surface area contributed by atoms with Gasteiger partial charge >= 0.3 is 0 Å². The summed E-state index contributed by atoms with van der Waals surface area (Å²) in [5.41, 5.74) is 16.1. The van der Waals surface area contributed by atoms with Crippen LogP contribution in [0.5, 0.6) is 0 Å². The Kier molecular flexibility index (Phi) is 8.91. The molecule has 4 nitrogen and oxygen atoms in total. The van der Waals surface area contributed by atoms with Crippen molar-refractivity contribution in [2.45, 2.75) is 13.8 Å². The van der Waals surface area contributed by atoms with Crippen molar-refractivity contribution < 1.29 is 0 Å². The van der Waals surface area contributed by atoms with Gasteiger partial charge in [0.2, 0.25) is 0 Å². The number of anilines is 6. The molecule has 2 heterocycles. The molecule has 10 aromatic carbocycles. The molecule has 0 aliphatic carbocycles. The van der Waals surface area contributed by atoms with Crippen LogP contribution >= 0.6 is 0 Å². The van der Waals surface area contributed by atoms with Crippen molar-refractivity contribution in [3.8, 4) is 11.4 Å². The smallest absolute Gasteiger partial charge is 0.0542 e. The van der Waals surface area contributed by atoms with Gasteiger partial charge in [-0.3, -0.25) is 0 Å². The van der Waals surface area contributed by atoms with Crippen LogP contribution in [0.15, 0.2) is 231 Å². The van der Waals surface area contributed by atoms with Crippen molar-refractivity contribution in [2.75, 3.05) is 9.80 Å². The largest absolute Gasteiger partial charge is 0.310 e. The Morgan fingerprint density at radius 1 is 0.266 bits per heavy atom. The molecule has 0 fully saturated rings. The fourth-order valence-electron chi connectivity index (χ4n) is 9.97. The van der Waals surface area contributed by atoms with E-state index in [2.05, 4.69) is 263 Å². The van der Waals surface area contributed by atoms with E-state index in [1.807, 2.05) is 0 Å². The molecule has 12 aromatic rings. The van der Waals surface area contributed by atoms with E-state index >= 15 is 0 Å². The molecule has 0 radical (unpaired) electrons. The zero-order valence-corrected chi connectivity index (χ0v) is 35.7. The highest BCUT2D eigenvalue weighted by atomic mass is 15.1. The number of nitrogens with zero attached hydrogens (tertiary/aromatic N) is 4. The van der Waals surface area contributed by atoms with Crippen LogP contribution in [0.4, 0.5) is 34.1 Å². The number of para-hydroxylation sites is 4. The molecular formula is C60H44N4. The number of rotatable bonds is 8. The molecule has 0 bridgehead atoms. The first kappa shape index (κ1) is 37.4. The zero-order valence-electron chi connectivity index (χ0n) is 35.7. The second kappa shape index (κ2) is 15.2. The van der Waals surface area contributed by atoms with Gasteiger partial charge in [-0.25, -0.2) is 0 Å². The molecule has 0 N–H and O–H groups in total. The summed E-state index contributed by atoms with van der Waals surface area (Å²) in [7, 11) is 0. The Morgan fingerprint density at radius 3 is 1.27 bits per heavy atom. The van der Waals surface area contributed by atoms with E-state index in [1.54, 1.807) is 0 Å². The summed E-state index contributed by atoms with van der Waals surface area (Å²) in [6, 6.07) is 84.0. The van der Waals surface area contributed by atoms with Crippen LogP contribution in [0.2, 0.25) is 0 Å². The highest BCUT2D eigenvalue weighted by Gasteiger charge is 2.21. The summed E-state index contributed by atoms with van der Waals surface area (Å²) in [5, 5.41) is 7.30. The summed E-state index contributed by atoms with van der Waals surface area (Å²) in [6.45, 7) is 4.35. The zero-order chi connectivity index (χ0) is 42.7. The molecule has 0 aliphatic rings. The highest BCUT2D eigenvalue weighted by Crippen LogP contribution is 2.43. The van der Waals surface area contributed by atoms with Gasteiger partial charge in [0.05, 0.1) is 22.1 Å². The monoisotopic (exact) mass is 820 g/mol. The summed E-state index contributed by atoms with van der Waals surface area (Å²) in [5.74, 6) is 0. The van der Waals surface area contributed by atoms with E-state index in [-0.39, 0.29) is 0 Å². The molecule has 0 spiro atoms. The molecule has 0 aliphatic heterocycles. The van der Waals surface area contributed by atoms with E-state index in [0.717, 1.165) is 56.5 Å². The van der Waals surface area contributed by atoms with Gasteiger partial charge in [0.1, 0.15) is 0 Å². The lowest BCUT2D eigenvalue weighted by molar-refractivity contribution is 1.13. The number of aromatic nitrogens is 2. The minimum Gasteiger partial charge on any atom is -0.310 e. The maximum atomic E-state index is 2.43. The average molecular weight is 821 g/mol. The van der Waals surface area contributed by atoms with E-state index in [1.165, 1.54) is 54.5 Å². The van der Waals surface area contributed by atoms with Gasteiger partial charge < -0.3 is 18.9 Å². The number of hydrogen-bond donors (Lipinski definition) is 0. The van der Waals surface area contributed by atoms with Crippen LogP contribution in [0.3, 0.4) is 0 Å². The van der Waals surface area contributed by atoms with Gasteiger partial charge in [0, 0.05) is 67.0 Å². The predicted octanol–water partition coefficient (Wildman–Crippen LogP) is 16.6. The SMILES string of the molecule is Cc1cc(C)cc(N(c2ccccc2)c2ccc3c(c2)c2ccccc2n3-c2cccc(-n3c4ccccc4c4cc(N(c5ccccc5)c5ccc6ccccc6c5)ccc43)c2)c1. The first-order valence-electron chi connectivity index (χ1n) is 22.0. The molecule has 2 aromatic heterocycles. The fourth-order valence-corrected chi connectivity index (χ4v) is 9.97. The first-order valence-corrected chi connectivity index (χ1v) is 22.0. The van der Waals surface area contributed by atoms with Crippen LogP contribution in [0.25, 0.3) is 65.8 Å². The van der Waals surface area contributed by atoms with Crippen LogP contribution < -0.4 is 9.80 Å². The summed E-state index contributed by atoms with van der Waals surface area (Å²) < 4.78 is 4.85. The van der Waals surface area contributed by atoms with Crippen LogP contribution in [-0.2, 0) is 0 Å². The number of fused-ring (bicyclic) bond motifs is 7. The summed E-state index contributed by atoms with van der Waals surface area (Å²) in [4.78, 5) is 4.74. The van der Waals surface area contributed by atoms with Crippen molar-refractivity contribution in [3.05, 3.63) is 242 Å². The number of benzene rings is 10. The molecule has 0 atom stereocenters. The Morgan fingerprint density at radius 2 is 0.703 bits per heavy atom. The van der Waals surface area contributed by atoms with E-state index in [4.69, 9.17) is 0 Å².